The van der Waals surface area contributed by atoms with E-state index in [0.29, 0.717) is 11.3 Å². The Bertz CT molecular complexity index is 1100. The maximum absolute atomic E-state index is 11.0. The van der Waals surface area contributed by atoms with E-state index in [4.69, 9.17) is 16.3 Å². The standard InChI is InChI=1S/C19H14N6O2/c1-12-6-14(7-15(9-20)19(23)16(10-21)11-22)13(2)24(12)17-4-3-5-18(8-17)25(26)27/h3-8H,23H2,1-2H3/b15-7-. The SMILES string of the molecule is Cc1cc(/C=C(/C#N)C(N)=C(C#N)C#N)c(C)n1-c1cccc([N+](=O)[O-])c1. The summed E-state index contributed by atoms with van der Waals surface area (Å²) >= 11 is 0. The second-order valence-corrected chi connectivity index (χ2v) is 5.62. The summed E-state index contributed by atoms with van der Waals surface area (Å²) in [6.07, 6.45) is 1.49. The summed E-state index contributed by atoms with van der Waals surface area (Å²) in [5.41, 5.74) is 7.96. The number of nitrogens with zero attached hydrogens (tertiary/aromatic N) is 5. The van der Waals surface area contributed by atoms with Gasteiger partial charge in [-0.2, -0.15) is 15.8 Å². The van der Waals surface area contributed by atoms with Crippen molar-refractivity contribution in [3.8, 4) is 23.9 Å². The van der Waals surface area contributed by atoms with Gasteiger partial charge in [0.1, 0.15) is 18.2 Å². The van der Waals surface area contributed by atoms with Crippen LogP contribution in [0, 0.1) is 58.0 Å². The van der Waals surface area contributed by atoms with Crippen LogP contribution >= 0.6 is 0 Å². The van der Waals surface area contributed by atoms with Gasteiger partial charge in [0.05, 0.1) is 21.9 Å². The maximum atomic E-state index is 11.0. The molecule has 0 amide bonds. The lowest BCUT2D eigenvalue weighted by Crippen LogP contribution is -2.04. The number of nitro benzene ring substituents is 1. The van der Waals surface area contributed by atoms with E-state index in [1.54, 1.807) is 37.3 Å². The van der Waals surface area contributed by atoms with E-state index in [2.05, 4.69) is 0 Å². The maximum Gasteiger partial charge on any atom is 0.271 e. The van der Waals surface area contributed by atoms with Crippen LogP contribution in [-0.4, -0.2) is 9.49 Å². The third-order valence-corrected chi connectivity index (χ3v) is 3.97. The second kappa shape index (κ2) is 7.69. The van der Waals surface area contributed by atoms with Crippen LogP contribution in [-0.2, 0) is 0 Å². The van der Waals surface area contributed by atoms with Crippen molar-refractivity contribution in [2.45, 2.75) is 13.8 Å². The van der Waals surface area contributed by atoms with E-state index in [-0.39, 0.29) is 22.5 Å². The Balaban J connectivity index is 2.63. The molecule has 0 aliphatic rings. The van der Waals surface area contributed by atoms with Crippen molar-refractivity contribution in [1.82, 2.24) is 4.57 Å². The molecule has 0 saturated heterocycles. The van der Waals surface area contributed by atoms with Crippen LogP contribution in [0.25, 0.3) is 11.8 Å². The van der Waals surface area contributed by atoms with Gasteiger partial charge in [0, 0.05) is 23.5 Å². The van der Waals surface area contributed by atoms with Crippen LogP contribution in [0.15, 0.2) is 47.2 Å². The van der Waals surface area contributed by atoms with Gasteiger partial charge in [-0.15, -0.1) is 0 Å². The second-order valence-electron chi connectivity index (χ2n) is 5.62. The molecule has 132 valence electrons. The van der Waals surface area contributed by atoms with Crippen LogP contribution in [0.3, 0.4) is 0 Å². The van der Waals surface area contributed by atoms with E-state index >= 15 is 0 Å². The molecule has 0 saturated carbocycles. The minimum Gasteiger partial charge on any atom is -0.396 e. The van der Waals surface area contributed by atoms with Gasteiger partial charge in [-0.25, -0.2) is 0 Å². The van der Waals surface area contributed by atoms with Crippen molar-refractivity contribution in [2.75, 3.05) is 0 Å². The van der Waals surface area contributed by atoms with Crippen LogP contribution in [0.2, 0.25) is 0 Å². The van der Waals surface area contributed by atoms with E-state index < -0.39 is 4.92 Å². The van der Waals surface area contributed by atoms with E-state index in [1.165, 1.54) is 18.2 Å². The first kappa shape index (κ1) is 19.0. The monoisotopic (exact) mass is 358 g/mol. The highest BCUT2D eigenvalue weighted by Crippen LogP contribution is 2.26. The Labute approximate surface area is 155 Å². The summed E-state index contributed by atoms with van der Waals surface area (Å²) in [5.74, 6) is 0. The van der Waals surface area contributed by atoms with Crippen molar-refractivity contribution in [3.63, 3.8) is 0 Å². The summed E-state index contributed by atoms with van der Waals surface area (Å²) in [6.45, 7) is 3.62. The fraction of sp³-hybridized carbons (Fsp3) is 0.105. The predicted molar refractivity (Wildman–Crippen MR) is 97.9 cm³/mol. The highest BCUT2D eigenvalue weighted by Gasteiger charge is 2.14. The molecular weight excluding hydrogens is 344 g/mol. The molecule has 1 aromatic heterocycles. The van der Waals surface area contributed by atoms with Crippen LogP contribution < -0.4 is 5.73 Å². The van der Waals surface area contributed by atoms with E-state index in [0.717, 1.165) is 11.4 Å². The molecule has 0 spiro atoms. The highest BCUT2D eigenvalue weighted by atomic mass is 16.6. The minimum absolute atomic E-state index is 0.00704. The van der Waals surface area contributed by atoms with Crippen molar-refractivity contribution < 1.29 is 4.92 Å². The van der Waals surface area contributed by atoms with Gasteiger partial charge >= 0.3 is 0 Å². The van der Waals surface area contributed by atoms with Gasteiger partial charge in [-0.1, -0.05) is 6.07 Å². The van der Waals surface area contributed by atoms with Crippen LogP contribution in [0.1, 0.15) is 17.0 Å². The molecule has 0 unspecified atom stereocenters. The quantitative estimate of drug-likeness (QED) is 0.384. The number of nitro groups is 1. The molecule has 0 aliphatic carbocycles. The summed E-state index contributed by atoms with van der Waals surface area (Å²) in [5, 5.41) is 38.2. The molecule has 0 aliphatic heterocycles. The van der Waals surface area contributed by atoms with Crippen molar-refractivity contribution in [1.29, 1.82) is 15.8 Å². The van der Waals surface area contributed by atoms with Crippen molar-refractivity contribution in [3.05, 3.63) is 74.2 Å². The number of rotatable bonds is 4. The molecule has 2 N–H and O–H groups in total. The smallest absolute Gasteiger partial charge is 0.271 e. The lowest BCUT2D eigenvalue weighted by atomic mass is 10.1. The molecule has 27 heavy (non-hydrogen) atoms. The topological polar surface area (TPSA) is 145 Å². The molecule has 2 aromatic rings. The number of hydrogen-bond acceptors (Lipinski definition) is 6. The third kappa shape index (κ3) is 3.68. The van der Waals surface area contributed by atoms with Gasteiger partial charge in [-0.3, -0.25) is 10.1 Å². The molecular formula is C19H14N6O2. The zero-order valence-corrected chi connectivity index (χ0v) is 14.6. The fourth-order valence-corrected chi connectivity index (χ4v) is 2.68. The number of nitriles is 3. The molecule has 0 fully saturated rings. The van der Waals surface area contributed by atoms with Crippen molar-refractivity contribution in [2.24, 2.45) is 5.73 Å². The molecule has 1 aromatic carbocycles. The molecule has 1 heterocycles. The molecule has 0 bridgehead atoms. The third-order valence-electron chi connectivity index (χ3n) is 3.97. The van der Waals surface area contributed by atoms with Gasteiger partial charge in [-0.05, 0) is 37.6 Å². The molecule has 8 heteroatoms. The number of nitrogens with two attached hydrogens (primary N) is 1. The largest absolute Gasteiger partial charge is 0.396 e. The zero-order valence-electron chi connectivity index (χ0n) is 14.6. The Morgan fingerprint density at radius 1 is 1.19 bits per heavy atom. The molecule has 0 atom stereocenters. The Hall–Kier alpha value is -4.35. The number of non-ortho nitro benzene ring substituents is 1. The first-order valence-electron chi connectivity index (χ1n) is 7.70. The molecule has 0 radical (unpaired) electrons. The van der Waals surface area contributed by atoms with E-state index in [1.807, 2.05) is 17.6 Å². The van der Waals surface area contributed by atoms with Crippen LogP contribution in [0.4, 0.5) is 5.69 Å². The highest BCUT2D eigenvalue weighted by molar-refractivity contribution is 5.68. The summed E-state index contributed by atoms with van der Waals surface area (Å²) < 4.78 is 1.81. The Kier molecular flexibility index (Phi) is 5.41. The average Bonchev–Trinajstić information content (AvgIpc) is 2.93. The van der Waals surface area contributed by atoms with Crippen LogP contribution in [0.5, 0.6) is 0 Å². The average molecular weight is 358 g/mol. The lowest BCUT2D eigenvalue weighted by Gasteiger charge is -2.09. The number of allylic oxidation sites excluding steroid dienone is 2. The summed E-state index contributed by atoms with van der Waals surface area (Å²) in [6, 6.07) is 13.2. The normalized spacial score (nSPS) is 10.4. The number of benzene rings is 1. The van der Waals surface area contributed by atoms with Crippen molar-refractivity contribution >= 4 is 11.8 Å². The van der Waals surface area contributed by atoms with E-state index in [9.17, 15) is 15.4 Å². The van der Waals surface area contributed by atoms with Gasteiger partial charge in [0.15, 0.2) is 5.57 Å². The Morgan fingerprint density at radius 3 is 2.41 bits per heavy atom. The minimum atomic E-state index is -0.469. The fourth-order valence-electron chi connectivity index (χ4n) is 2.68. The molecule has 8 nitrogen and oxygen atoms in total. The number of aryl methyl sites for hydroxylation is 1. The van der Waals surface area contributed by atoms with Gasteiger partial charge in [0.25, 0.3) is 5.69 Å². The number of aromatic nitrogens is 1. The summed E-state index contributed by atoms with van der Waals surface area (Å²) in [7, 11) is 0. The first-order valence-corrected chi connectivity index (χ1v) is 7.70. The first-order chi connectivity index (χ1) is 12.8. The van der Waals surface area contributed by atoms with Gasteiger partial charge in [0.2, 0.25) is 0 Å². The number of hydrogen-bond donors (Lipinski definition) is 1. The lowest BCUT2D eigenvalue weighted by molar-refractivity contribution is -0.384. The Morgan fingerprint density at radius 2 is 1.85 bits per heavy atom. The zero-order chi connectivity index (χ0) is 20.1. The molecule has 2 rings (SSSR count). The predicted octanol–water partition coefficient (Wildman–Crippen LogP) is 3.17. The summed E-state index contributed by atoms with van der Waals surface area (Å²) in [4.78, 5) is 10.5. The van der Waals surface area contributed by atoms with Gasteiger partial charge < -0.3 is 10.3 Å².